The van der Waals surface area contributed by atoms with Crippen molar-refractivity contribution in [2.24, 2.45) is 0 Å². The zero-order valence-corrected chi connectivity index (χ0v) is 13.3. The lowest BCUT2D eigenvalue weighted by Crippen LogP contribution is -2.24. The van der Waals surface area contributed by atoms with E-state index in [0.29, 0.717) is 24.5 Å². The van der Waals surface area contributed by atoms with Crippen LogP contribution in [0.15, 0.2) is 30.3 Å². The summed E-state index contributed by atoms with van der Waals surface area (Å²) in [5.41, 5.74) is 2.15. The quantitative estimate of drug-likeness (QED) is 0.732. The molecule has 6 nitrogen and oxygen atoms in total. The summed E-state index contributed by atoms with van der Waals surface area (Å²) in [6.07, 6.45) is 0. The van der Waals surface area contributed by atoms with Crippen molar-refractivity contribution < 1.29 is 9.53 Å². The second kappa shape index (κ2) is 7.70. The van der Waals surface area contributed by atoms with Gasteiger partial charge in [0, 0.05) is 6.54 Å². The Morgan fingerprint density at radius 3 is 2.50 bits per heavy atom. The Bertz CT molecular complexity index is 606. The Balaban J connectivity index is 2.30. The lowest BCUT2D eigenvalue weighted by atomic mass is 10.2. The van der Waals surface area contributed by atoms with E-state index >= 15 is 0 Å². The molecule has 0 spiro atoms. The molecule has 118 valence electrons. The van der Waals surface area contributed by atoms with Gasteiger partial charge in [-0.15, -0.1) is 5.10 Å². The summed E-state index contributed by atoms with van der Waals surface area (Å²) in [5, 5.41) is 8.33. The maximum Gasteiger partial charge on any atom is 0.358 e. The molecule has 0 aliphatic rings. The Hall–Kier alpha value is -2.21. The van der Waals surface area contributed by atoms with Crippen LogP contribution in [0.2, 0.25) is 0 Å². The lowest BCUT2D eigenvalue weighted by Gasteiger charge is -2.16. The summed E-state index contributed by atoms with van der Waals surface area (Å²) in [4.78, 5) is 14.3. The van der Waals surface area contributed by atoms with Gasteiger partial charge in [-0.3, -0.25) is 4.90 Å². The molecule has 0 bridgehead atoms. The van der Waals surface area contributed by atoms with Gasteiger partial charge in [0.15, 0.2) is 5.69 Å². The molecule has 0 radical (unpaired) electrons. The van der Waals surface area contributed by atoms with Gasteiger partial charge in [0.25, 0.3) is 0 Å². The van der Waals surface area contributed by atoms with Crippen LogP contribution < -0.4 is 0 Å². The zero-order chi connectivity index (χ0) is 15.9. The normalized spacial score (nSPS) is 10.9. The summed E-state index contributed by atoms with van der Waals surface area (Å²) >= 11 is 0. The minimum Gasteiger partial charge on any atom is -0.464 e. The third-order valence-corrected chi connectivity index (χ3v) is 3.63. The summed E-state index contributed by atoms with van der Waals surface area (Å²) in [6.45, 7) is 7.03. The van der Waals surface area contributed by atoms with Gasteiger partial charge < -0.3 is 4.74 Å². The predicted octanol–water partition coefficient (Wildman–Crippen LogP) is 1.95. The summed E-state index contributed by atoms with van der Waals surface area (Å²) < 4.78 is 6.52. The Labute approximate surface area is 130 Å². The van der Waals surface area contributed by atoms with Gasteiger partial charge in [-0.05, 0) is 18.7 Å². The summed E-state index contributed by atoms with van der Waals surface area (Å²) in [6, 6.07) is 9.86. The van der Waals surface area contributed by atoms with E-state index in [1.54, 1.807) is 4.68 Å². The monoisotopic (exact) mass is 302 g/mol. The van der Waals surface area contributed by atoms with E-state index in [9.17, 15) is 4.79 Å². The first-order chi connectivity index (χ1) is 10.7. The van der Waals surface area contributed by atoms with Crippen LogP contribution in [0.3, 0.4) is 0 Å². The molecule has 2 aromatic rings. The maximum absolute atomic E-state index is 12.1. The Kier molecular flexibility index (Phi) is 5.66. The van der Waals surface area contributed by atoms with Crippen LogP contribution in [0.5, 0.6) is 0 Å². The summed E-state index contributed by atoms with van der Waals surface area (Å²) in [5.74, 6) is -0.400. The van der Waals surface area contributed by atoms with Crippen molar-refractivity contribution in [1.29, 1.82) is 0 Å². The number of ether oxygens (including phenoxy) is 1. The molecule has 0 saturated heterocycles. The number of aromatic nitrogens is 3. The third kappa shape index (κ3) is 3.71. The molecule has 1 aromatic heterocycles. The van der Waals surface area contributed by atoms with E-state index in [1.807, 2.05) is 30.3 Å². The minimum absolute atomic E-state index is 0.400. The second-order valence-electron chi connectivity index (χ2n) is 4.98. The maximum atomic E-state index is 12.1. The topological polar surface area (TPSA) is 60.2 Å². The average molecular weight is 302 g/mol. The Morgan fingerprint density at radius 1 is 1.23 bits per heavy atom. The van der Waals surface area contributed by atoms with E-state index in [2.05, 4.69) is 29.1 Å². The van der Waals surface area contributed by atoms with Crippen molar-refractivity contribution in [2.45, 2.75) is 26.9 Å². The van der Waals surface area contributed by atoms with E-state index in [-0.39, 0.29) is 0 Å². The molecule has 0 fully saturated rings. The van der Waals surface area contributed by atoms with Gasteiger partial charge >= 0.3 is 5.97 Å². The molecule has 22 heavy (non-hydrogen) atoms. The van der Waals surface area contributed by atoms with Crippen molar-refractivity contribution in [3.8, 4) is 0 Å². The number of nitrogens with zero attached hydrogens (tertiary/aromatic N) is 4. The number of methoxy groups -OCH3 is 1. The van der Waals surface area contributed by atoms with Crippen LogP contribution in [0, 0.1) is 0 Å². The van der Waals surface area contributed by atoms with Crippen molar-refractivity contribution in [3.63, 3.8) is 0 Å². The molecular formula is C16H22N4O2. The van der Waals surface area contributed by atoms with Crippen LogP contribution in [-0.2, 0) is 17.8 Å². The minimum atomic E-state index is -0.400. The molecule has 0 N–H and O–H groups in total. The molecule has 0 unspecified atom stereocenters. The highest BCUT2D eigenvalue weighted by Gasteiger charge is 2.22. The van der Waals surface area contributed by atoms with Crippen molar-refractivity contribution in [1.82, 2.24) is 19.9 Å². The smallest absolute Gasteiger partial charge is 0.358 e. The van der Waals surface area contributed by atoms with E-state index in [0.717, 1.165) is 18.7 Å². The van der Waals surface area contributed by atoms with Crippen LogP contribution in [0.4, 0.5) is 0 Å². The van der Waals surface area contributed by atoms with E-state index in [4.69, 9.17) is 4.74 Å². The third-order valence-electron chi connectivity index (χ3n) is 3.63. The standard InChI is InChI=1S/C16H22N4O2/c1-4-19(5-2)12-14-15(16(21)22-3)20(18-17-14)11-13-9-7-6-8-10-13/h6-10H,4-5,11-12H2,1-3H3. The first-order valence-electron chi connectivity index (χ1n) is 7.46. The van der Waals surface area contributed by atoms with Crippen LogP contribution in [-0.4, -0.2) is 46.1 Å². The fourth-order valence-corrected chi connectivity index (χ4v) is 2.30. The lowest BCUT2D eigenvalue weighted by molar-refractivity contribution is 0.0584. The van der Waals surface area contributed by atoms with Crippen molar-refractivity contribution >= 4 is 5.97 Å². The van der Waals surface area contributed by atoms with Crippen molar-refractivity contribution in [2.75, 3.05) is 20.2 Å². The summed E-state index contributed by atoms with van der Waals surface area (Å²) in [7, 11) is 1.38. The fraction of sp³-hybridized carbons (Fsp3) is 0.438. The first kappa shape index (κ1) is 16.2. The molecule has 1 heterocycles. The fourth-order valence-electron chi connectivity index (χ4n) is 2.30. The molecular weight excluding hydrogens is 280 g/mol. The number of rotatable bonds is 7. The number of hydrogen-bond donors (Lipinski definition) is 0. The SMILES string of the molecule is CCN(CC)Cc1nnn(Cc2ccccc2)c1C(=O)OC. The highest BCUT2D eigenvalue weighted by atomic mass is 16.5. The Morgan fingerprint density at radius 2 is 1.91 bits per heavy atom. The highest BCUT2D eigenvalue weighted by molar-refractivity contribution is 5.88. The molecule has 0 aliphatic carbocycles. The zero-order valence-electron chi connectivity index (χ0n) is 13.3. The largest absolute Gasteiger partial charge is 0.464 e. The molecule has 0 atom stereocenters. The van der Waals surface area contributed by atoms with Gasteiger partial charge in [0.2, 0.25) is 0 Å². The van der Waals surface area contributed by atoms with Gasteiger partial charge in [-0.2, -0.15) is 0 Å². The average Bonchev–Trinajstić information content (AvgIpc) is 2.95. The van der Waals surface area contributed by atoms with Gasteiger partial charge in [0.1, 0.15) is 5.69 Å². The molecule has 0 saturated carbocycles. The van der Waals surface area contributed by atoms with Gasteiger partial charge in [-0.1, -0.05) is 49.4 Å². The molecule has 1 aromatic carbocycles. The molecule has 2 rings (SSSR count). The number of benzene rings is 1. The van der Waals surface area contributed by atoms with Crippen LogP contribution in [0.25, 0.3) is 0 Å². The molecule has 0 amide bonds. The highest BCUT2D eigenvalue weighted by Crippen LogP contribution is 2.12. The first-order valence-corrected chi connectivity index (χ1v) is 7.46. The van der Waals surface area contributed by atoms with E-state index in [1.165, 1.54) is 7.11 Å². The van der Waals surface area contributed by atoms with Gasteiger partial charge in [0.05, 0.1) is 13.7 Å². The number of hydrogen-bond acceptors (Lipinski definition) is 5. The van der Waals surface area contributed by atoms with Gasteiger partial charge in [-0.25, -0.2) is 9.48 Å². The number of carbonyl (C=O) groups excluding carboxylic acids is 1. The number of esters is 1. The van der Waals surface area contributed by atoms with Crippen molar-refractivity contribution in [3.05, 3.63) is 47.3 Å². The van der Waals surface area contributed by atoms with Crippen LogP contribution in [0.1, 0.15) is 35.6 Å². The molecule has 6 heteroatoms. The number of carbonyl (C=O) groups is 1. The van der Waals surface area contributed by atoms with Crippen LogP contribution >= 0.6 is 0 Å². The second-order valence-corrected chi connectivity index (χ2v) is 4.98. The predicted molar refractivity (Wildman–Crippen MR) is 83.5 cm³/mol. The molecule has 0 aliphatic heterocycles. The van der Waals surface area contributed by atoms with E-state index < -0.39 is 5.97 Å².